The summed E-state index contributed by atoms with van der Waals surface area (Å²) in [7, 11) is -5.17. The number of esters is 2. The monoisotopic (exact) mass is 975 g/mol. The molecule has 384 valence electrons. The molecular formula is C53H83O14P. The molecule has 1 fully saturated rings. The highest BCUT2D eigenvalue weighted by Gasteiger charge is 2.51. The van der Waals surface area contributed by atoms with Crippen molar-refractivity contribution < 1.29 is 68.2 Å². The minimum atomic E-state index is -5.17. The van der Waals surface area contributed by atoms with Gasteiger partial charge in [-0.25, -0.2) is 4.57 Å². The van der Waals surface area contributed by atoms with Gasteiger partial charge in [-0.1, -0.05) is 155 Å². The predicted octanol–water partition coefficient (Wildman–Crippen LogP) is 9.14. The van der Waals surface area contributed by atoms with E-state index in [1.54, 1.807) is 6.08 Å². The molecule has 15 heteroatoms. The first-order valence-electron chi connectivity index (χ1n) is 24.4. The van der Waals surface area contributed by atoms with Gasteiger partial charge in [-0.2, -0.15) is 0 Å². The van der Waals surface area contributed by atoms with Gasteiger partial charge in [0.05, 0.1) is 12.7 Å². The number of allylic oxidation sites excluding steroid dienone is 18. The van der Waals surface area contributed by atoms with Crippen LogP contribution in [-0.4, -0.2) is 110 Å². The first kappa shape index (κ1) is 62.2. The molecule has 0 saturated heterocycles. The second-order valence-electron chi connectivity index (χ2n) is 16.4. The van der Waals surface area contributed by atoms with Gasteiger partial charge in [0.1, 0.15) is 43.2 Å². The molecule has 0 aromatic rings. The Balaban J connectivity index is 2.54. The number of aliphatic hydroxyl groups excluding tert-OH is 6. The third-order valence-electron chi connectivity index (χ3n) is 10.4. The highest BCUT2D eigenvalue weighted by Crippen LogP contribution is 2.47. The molecule has 0 heterocycles. The lowest BCUT2D eigenvalue weighted by molar-refractivity contribution is -0.220. The third kappa shape index (κ3) is 32.9. The van der Waals surface area contributed by atoms with Gasteiger partial charge >= 0.3 is 19.8 Å². The zero-order valence-electron chi connectivity index (χ0n) is 40.5. The lowest BCUT2D eigenvalue weighted by Gasteiger charge is -2.41. The summed E-state index contributed by atoms with van der Waals surface area (Å²) in [5.74, 6) is -1.27. The van der Waals surface area contributed by atoms with Gasteiger partial charge in [0.2, 0.25) is 0 Å². The van der Waals surface area contributed by atoms with Crippen LogP contribution >= 0.6 is 7.82 Å². The van der Waals surface area contributed by atoms with E-state index in [1.807, 2.05) is 54.7 Å². The van der Waals surface area contributed by atoms with Crippen LogP contribution in [0.5, 0.6) is 0 Å². The maximum Gasteiger partial charge on any atom is 0.472 e. The lowest BCUT2D eigenvalue weighted by Crippen LogP contribution is -2.64. The molecule has 0 spiro atoms. The van der Waals surface area contributed by atoms with E-state index in [-0.39, 0.29) is 12.8 Å². The molecule has 4 unspecified atom stereocenters. The maximum atomic E-state index is 12.8. The van der Waals surface area contributed by atoms with Crippen molar-refractivity contribution in [1.82, 2.24) is 0 Å². The van der Waals surface area contributed by atoms with Crippen molar-refractivity contribution in [2.75, 3.05) is 13.2 Å². The smallest absolute Gasteiger partial charge is 0.462 e. The van der Waals surface area contributed by atoms with Crippen molar-refractivity contribution in [3.63, 3.8) is 0 Å². The molecule has 0 aliphatic heterocycles. The molecule has 1 aliphatic carbocycles. The molecular weight excluding hydrogens is 892 g/mol. The van der Waals surface area contributed by atoms with E-state index < -0.39 is 81.8 Å². The largest absolute Gasteiger partial charge is 0.472 e. The third-order valence-corrected chi connectivity index (χ3v) is 11.4. The van der Waals surface area contributed by atoms with Gasteiger partial charge in [-0.3, -0.25) is 18.6 Å². The molecule has 68 heavy (non-hydrogen) atoms. The summed E-state index contributed by atoms with van der Waals surface area (Å²) in [5, 5.41) is 60.1. The zero-order valence-corrected chi connectivity index (χ0v) is 41.3. The van der Waals surface area contributed by atoms with Crippen LogP contribution < -0.4 is 0 Å². The Kier molecular flexibility index (Phi) is 37.6. The summed E-state index contributed by atoms with van der Waals surface area (Å²) < 4.78 is 33.4. The fourth-order valence-corrected chi connectivity index (χ4v) is 7.41. The van der Waals surface area contributed by atoms with Gasteiger partial charge in [0.25, 0.3) is 0 Å². The highest BCUT2D eigenvalue weighted by molar-refractivity contribution is 7.47. The van der Waals surface area contributed by atoms with Gasteiger partial charge in [0.15, 0.2) is 6.10 Å². The van der Waals surface area contributed by atoms with Crippen molar-refractivity contribution in [3.05, 3.63) is 122 Å². The Morgan fingerprint density at radius 1 is 0.544 bits per heavy atom. The Labute approximate surface area is 406 Å². The Bertz CT molecular complexity index is 1660. The Hall–Kier alpha value is -3.79. The summed E-state index contributed by atoms with van der Waals surface area (Å²) in [4.78, 5) is 35.7. The number of phosphoric acid groups is 1. The van der Waals surface area contributed by atoms with Crippen LogP contribution in [0.1, 0.15) is 136 Å². The first-order valence-corrected chi connectivity index (χ1v) is 25.9. The van der Waals surface area contributed by atoms with E-state index in [2.05, 4.69) is 74.6 Å². The SMILES string of the molecule is CC/C=C\CC(O)/C=C/C=C/C/C=C\C/C=C\C/C=C\CCC(=O)OC[C@H](COP(=O)(O)OC1[C@H](O)[C@H](O)C(O)[C@H](O)[C@H]1O)OC(=O)CCCCC/C=C\C/C=C\C/C=C\C/C=C\CCCCC. The summed E-state index contributed by atoms with van der Waals surface area (Å²) in [6.45, 7) is 2.96. The van der Waals surface area contributed by atoms with E-state index >= 15 is 0 Å². The number of hydrogen-bond donors (Lipinski definition) is 7. The van der Waals surface area contributed by atoms with Gasteiger partial charge < -0.3 is 45.0 Å². The minimum Gasteiger partial charge on any atom is -0.462 e. The van der Waals surface area contributed by atoms with Crippen molar-refractivity contribution in [1.29, 1.82) is 0 Å². The molecule has 0 aromatic heterocycles. The minimum absolute atomic E-state index is 0.0110. The van der Waals surface area contributed by atoms with Crippen molar-refractivity contribution in [3.8, 4) is 0 Å². The zero-order chi connectivity index (χ0) is 50.1. The van der Waals surface area contributed by atoms with Crippen LogP contribution in [0.25, 0.3) is 0 Å². The average molecular weight is 975 g/mol. The van der Waals surface area contributed by atoms with Gasteiger partial charge in [-0.05, 0) is 89.9 Å². The predicted molar refractivity (Wildman–Crippen MR) is 268 cm³/mol. The topological polar surface area (TPSA) is 230 Å². The van der Waals surface area contributed by atoms with Crippen LogP contribution in [0.4, 0.5) is 0 Å². The fourth-order valence-electron chi connectivity index (χ4n) is 6.44. The van der Waals surface area contributed by atoms with E-state index in [1.165, 1.54) is 19.3 Å². The number of rotatable bonds is 38. The summed E-state index contributed by atoms with van der Waals surface area (Å²) >= 11 is 0. The molecule has 0 amide bonds. The number of hydrogen-bond acceptors (Lipinski definition) is 13. The summed E-state index contributed by atoms with van der Waals surface area (Å²) in [5.41, 5.74) is 0. The second-order valence-corrected chi connectivity index (χ2v) is 17.8. The van der Waals surface area contributed by atoms with Crippen LogP contribution in [0.15, 0.2) is 122 Å². The molecule has 9 atom stereocenters. The normalized spacial score (nSPS) is 22.5. The quantitative estimate of drug-likeness (QED) is 0.0101. The maximum absolute atomic E-state index is 12.8. The Morgan fingerprint density at radius 3 is 1.59 bits per heavy atom. The number of aliphatic hydroxyl groups is 6. The van der Waals surface area contributed by atoms with E-state index in [4.69, 9.17) is 18.5 Å². The highest BCUT2D eigenvalue weighted by atomic mass is 31.2. The molecule has 1 aliphatic rings. The summed E-state index contributed by atoms with van der Waals surface area (Å²) in [6.07, 6.45) is 41.5. The molecule has 7 N–H and O–H groups in total. The van der Waals surface area contributed by atoms with Crippen LogP contribution in [0, 0.1) is 0 Å². The standard InChI is InChI=1S/C53H83O14P/c1-3-5-7-8-9-10-11-12-13-14-15-16-17-20-24-27-30-33-37-41-47(56)66-45(43-65-68(62,63)67-53-51(60)49(58)48(57)50(59)52(53)61)42-64-46(55)40-36-32-29-26-23-21-18-19-22-25-28-31-35-39-44(54)38-34-6-4-2/h6,9-10,12-13,15-16,19-24,28-29,31-32,34-35,39,44-45,48-54,57-61H,3-5,7-8,11,14,17-18,25-27,30,33,36-38,40-43H2,1-2H3,(H,62,63)/b10-9-,13-12-,16-15-,22-19-,23-21-,24-20-,31-28+,32-29-,34-6-,39-35+/t44?,45-,48?,49-,50+,51-,52-,53?/m1/s1. The molecule has 0 bridgehead atoms. The molecule has 0 aromatic carbocycles. The number of carbonyl (C=O) groups is 2. The molecule has 14 nitrogen and oxygen atoms in total. The van der Waals surface area contributed by atoms with Crippen LogP contribution in [0.2, 0.25) is 0 Å². The van der Waals surface area contributed by atoms with Gasteiger partial charge in [-0.15, -0.1) is 0 Å². The van der Waals surface area contributed by atoms with Crippen molar-refractivity contribution in [2.45, 2.75) is 185 Å². The lowest BCUT2D eigenvalue weighted by atomic mass is 9.85. The van der Waals surface area contributed by atoms with E-state index in [0.29, 0.717) is 25.7 Å². The fraction of sp³-hybridized carbons (Fsp3) is 0.585. The second kappa shape index (κ2) is 41.0. The number of carbonyl (C=O) groups excluding carboxylic acids is 2. The van der Waals surface area contributed by atoms with E-state index in [9.17, 15) is 49.7 Å². The van der Waals surface area contributed by atoms with E-state index in [0.717, 1.165) is 64.2 Å². The first-order chi connectivity index (χ1) is 32.8. The van der Waals surface area contributed by atoms with Crippen LogP contribution in [-0.2, 0) is 32.7 Å². The number of unbranched alkanes of at least 4 members (excludes halogenated alkanes) is 6. The number of ether oxygens (including phenoxy) is 2. The Morgan fingerprint density at radius 2 is 1.04 bits per heavy atom. The molecule has 1 saturated carbocycles. The van der Waals surface area contributed by atoms with Crippen molar-refractivity contribution in [2.24, 2.45) is 0 Å². The summed E-state index contributed by atoms with van der Waals surface area (Å²) in [6, 6.07) is 0. The molecule has 0 radical (unpaired) electrons. The molecule has 1 rings (SSSR count). The average Bonchev–Trinajstić information content (AvgIpc) is 3.32. The van der Waals surface area contributed by atoms with Crippen LogP contribution in [0.3, 0.4) is 0 Å². The van der Waals surface area contributed by atoms with Crippen molar-refractivity contribution >= 4 is 19.8 Å². The van der Waals surface area contributed by atoms with Gasteiger partial charge in [0, 0.05) is 12.8 Å². The number of phosphoric ester groups is 1.